The summed E-state index contributed by atoms with van der Waals surface area (Å²) in [6, 6.07) is 0. The van der Waals surface area contributed by atoms with Crippen molar-refractivity contribution < 1.29 is 47.3 Å². The van der Waals surface area contributed by atoms with Crippen molar-refractivity contribution in [2.75, 3.05) is 0 Å². The first kappa shape index (κ1) is 44.9. The van der Waals surface area contributed by atoms with E-state index in [1.807, 2.05) is 140 Å². The van der Waals surface area contributed by atoms with Gasteiger partial charge in [-0.2, -0.15) is 0 Å². The molecular weight excluding hydrogens is 702 g/mol. The molecule has 2 aliphatic carbocycles. The zero-order chi connectivity index (χ0) is 39.7. The molecule has 2 aliphatic rings. The molecule has 2 unspecified atom stereocenters. The van der Waals surface area contributed by atoms with Crippen molar-refractivity contribution in [2.45, 2.75) is 94.3 Å². The first-order chi connectivity index (χ1) is 23.8. The van der Waals surface area contributed by atoms with Gasteiger partial charge in [-0.1, -0.05) is 135 Å². The van der Waals surface area contributed by atoms with Gasteiger partial charge < -0.3 is 19.6 Å². The molecule has 0 bridgehead atoms. The number of hydrogen-bond acceptors (Lipinski definition) is 6. The fraction of sp³-hybridized carbons (Fsp3) is 0.400. The Hall–Kier alpha value is -3.30. The minimum Gasteiger partial charge on any atom is -0.303 e. The highest BCUT2D eigenvalue weighted by Crippen LogP contribution is 2.47. The van der Waals surface area contributed by atoms with Crippen LogP contribution in [0.1, 0.15) is 82.1 Å². The number of carbonyl (C=O) groups is 2. The van der Waals surface area contributed by atoms with E-state index in [0.717, 1.165) is 33.4 Å². The second-order valence-electron chi connectivity index (χ2n) is 14.6. The number of allylic oxidation sites excluding steroid dienone is 20. The molecule has 10 nitrogen and oxygen atoms in total. The van der Waals surface area contributed by atoms with E-state index in [0.29, 0.717) is 11.1 Å². The van der Waals surface area contributed by atoms with Crippen LogP contribution >= 0.6 is 15.6 Å². The minimum atomic E-state index is -4.78. The zero-order valence-electron chi connectivity index (χ0n) is 31.8. The quantitative estimate of drug-likeness (QED) is 0.0991. The molecule has 0 spiro atoms. The van der Waals surface area contributed by atoms with E-state index in [4.69, 9.17) is 9.05 Å². The molecule has 12 heteroatoms. The largest absolute Gasteiger partial charge is 0.470 e. The maximum Gasteiger partial charge on any atom is 0.470 e. The van der Waals surface area contributed by atoms with Gasteiger partial charge in [0.25, 0.3) is 0 Å². The standard InChI is InChI=1S/C40H54O10P2/c1-27(17-13-19-29(3)21-23-33-31(5)37(41)35(25-39(33,7)8)49-51(43,44)45)15-11-12-16-28(2)18-14-20-30(4)22-24-34-32(6)38(42)36(26-40(34,9)10)50-52(46,47)48/h11-24,35-36H,25-26H2,1-10H3,(H2,43,44,45)(H2,46,47,48)/b12-11+,17-13+,18-14+,23-21+,24-22+,27-15+,28-16+,29-19+,30-20+. The molecule has 2 rings (SSSR count). The number of phosphoric acid groups is 2. The lowest BCUT2D eigenvalue weighted by Crippen LogP contribution is -2.37. The summed E-state index contributed by atoms with van der Waals surface area (Å²) in [5.74, 6) is -0.832. The van der Waals surface area contributed by atoms with E-state index in [1.165, 1.54) is 0 Å². The number of phosphoric ester groups is 2. The van der Waals surface area contributed by atoms with Gasteiger partial charge in [0.1, 0.15) is 12.2 Å². The van der Waals surface area contributed by atoms with E-state index >= 15 is 0 Å². The molecule has 0 saturated carbocycles. The van der Waals surface area contributed by atoms with Gasteiger partial charge in [0.05, 0.1) is 0 Å². The smallest absolute Gasteiger partial charge is 0.303 e. The molecule has 0 aromatic rings. The molecule has 0 amide bonds. The number of carbonyl (C=O) groups excluding carboxylic acids is 2. The van der Waals surface area contributed by atoms with Crippen LogP contribution in [0.5, 0.6) is 0 Å². The maximum atomic E-state index is 12.7. The molecule has 0 saturated heterocycles. The summed E-state index contributed by atoms with van der Waals surface area (Å²) in [5.41, 5.74) is 5.48. The van der Waals surface area contributed by atoms with Crippen LogP contribution < -0.4 is 0 Å². The molecule has 2 atom stereocenters. The number of ketones is 2. The molecule has 0 aromatic carbocycles. The molecule has 284 valence electrons. The van der Waals surface area contributed by atoms with E-state index in [1.54, 1.807) is 13.8 Å². The van der Waals surface area contributed by atoms with Crippen molar-refractivity contribution in [3.63, 3.8) is 0 Å². The summed E-state index contributed by atoms with van der Waals surface area (Å²) in [5, 5.41) is 0. The zero-order valence-corrected chi connectivity index (χ0v) is 33.6. The Morgan fingerprint density at radius 1 is 0.577 bits per heavy atom. The highest BCUT2D eigenvalue weighted by molar-refractivity contribution is 7.46. The molecule has 52 heavy (non-hydrogen) atoms. The van der Waals surface area contributed by atoms with Crippen molar-refractivity contribution in [3.05, 3.63) is 130 Å². The van der Waals surface area contributed by atoms with E-state index < -0.39 is 50.2 Å². The van der Waals surface area contributed by atoms with Crippen molar-refractivity contribution in [2.24, 2.45) is 10.8 Å². The lowest BCUT2D eigenvalue weighted by atomic mass is 9.71. The van der Waals surface area contributed by atoms with Gasteiger partial charge in [0, 0.05) is 0 Å². The number of rotatable bonds is 14. The van der Waals surface area contributed by atoms with Crippen LogP contribution in [0.15, 0.2) is 130 Å². The van der Waals surface area contributed by atoms with E-state index in [-0.39, 0.29) is 12.8 Å². The first-order valence-corrected chi connectivity index (χ1v) is 20.0. The Kier molecular flexibility index (Phi) is 16.1. The van der Waals surface area contributed by atoms with Crippen LogP contribution in [-0.4, -0.2) is 43.3 Å². The van der Waals surface area contributed by atoms with Crippen molar-refractivity contribution in [1.82, 2.24) is 0 Å². The summed E-state index contributed by atoms with van der Waals surface area (Å²) in [7, 11) is -9.57. The second kappa shape index (κ2) is 18.6. The third-order valence-electron chi connectivity index (χ3n) is 8.80. The molecule has 0 aliphatic heterocycles. The fourth-order valence-electron chi connectivity index (χ4n) is 6.07. The summed E-state index contributed by atoms with van der Waals surface area (Å²) in [6.45, 7) is 18.9. The van der Waals surface area contributed by atoms with Crippen LogP contribution in [0, 0.1) is 10.8 Å². The van der Waals surface area contributed by atoms with Gasteiger partial charge in [-0.25, -0.2) is 9.13 Å². The average molecular weight is 757 g/mol. The molecular formula is C40H54O10P2. The van der Waals surface area contributed by atoms with Gasteiger partial charge in [0.15, 0.2) is 11.6 Å². The minimum absolute atomic E-state index is 0.170. The summed E-state index contributed by atoms with van der Waals surface area (Å²) in [6.07, 6.45) is 25.3. The van der Waals surface area contributed by atoms with Gasteiger partial charge in [0.2, 0.25) is 0 Å². The summed E-state index contributed by atoms with van der Waals surface area (Å²) >= 11 is 0. The van der Waals surface area contributed by atoms with Crippen molar-refractivity contribution in [1.29, 1.82) is 0 Å². The normalized spacial score (nSPS) is 23.3. The molecule has 4 N–H and O–H groups in total. The molecule has 0 fully saturated rings. The second-order valence-corrected chi connectivity index (χ2v) is 16.9. The SMILES string of the molecule is CC1=C(/C=C/C(C)=C/C=C/C(C)=C/C=C/C=C(C)/C=C/C=C(C)/C=C/C2=C(C)C(=O)C(OP(=O)(O)O)CC2(C)C)C(C)(C)CC(OP(=O)(O)O)C1=O. The Labute approximate surface area is 308 Å². The summed E-state index contributed by atoms with van der Waals surface area (Å²) < 4.78 is 32.1. The number of hydrogen-bond donors (Lipinski definition) is 4. The summed E-state index contributed by atoms with van der Waals surface area (Å²) in [4.78, 5) is 62.1. The highest BCUT2D eigenvalue weighted by Gasteiger charge is 2.42. The van der Waals surface area contributed by atoms with Crippen LogP contribution in [-0.2, 0) is 27.8 Å². The van der Waals surface area contributed by atoms with Crippen molar-refractivity contribution >= 4 is 27.2 Å². The monoisotopic (exact) mass is 756 g/mol. The Bertz CT molecular complexity index is 1690. The van der Waals surface area contributed by atoms with Gasteiger partial charge in [-0.05, 0) is 87.5 Å². The predicted molar refractivity (Wildman–Crippen MR) is 207 cm³/mol. The predicted octanol–water partition coefficient (Wildman–Crippen LogP) is 9.14. The van der Waals surface area contributed by atoms with E-state index in [9.17, 15) is 38.3 Å². The molecule has 0 aromatic heterocycles. The van der Waals surface area contributed by atoms with Gasteiger partial charge in [-0.3, -0.25) is 18.6 Å². The van der Waals surface area contributed by atoms with E-state index in [2.05, 4.69) is 0 Å². The average Bonchev–Trinajstić information content (AvgIpc) is 2.98. The van der Waals surface area contributed by atoms with Gasteiger partial charge >= 0.3 is 15.6 Å². The van der Waals surface area contributed by atoms with Crippen LogP contribution in [0.2, 0.25) is 0 Å². The van der Waals surface area contributed by atoms with Crippen LogP contribution in [0.25, 0.3) is 0 Å². The van der Waals surface area contributed by atoms with Crippen LogP contribution in [0.4, 0.5) is 0 Å². The Morgan fingerprint density at radius 3 is 1.17 bits per heavy atom. The van der Waals surface area contributed by atoms with Crippen LogP contribution in [0.3, 0.4) is 0 Å². The first-order valence-electron chi connectivity index (χ1n) is 16.9. The lowest BCUT2D eigenvalue weighted by Gasteiger charge is -2.36. The number of Topliss-reactive ketones (excluding diaryl/α,β-unsaturated/α-hetero) is 2. The lowest BCUT2D eigenvalue weighted by molar-refractivity contribution is -0.125. The highest BCUT2D eigenvalue weighted by atomic mass is 31.2. The third-order valence-corrected chi connectivity index (χ3v) is 9.86. The Morgan fingerprint density at radius 2 is 0.865 bits per heavy atom. The Balaban J connectivity index is 1.99. The maximum absolute atomic E-state index is 12.7. The molecule has 0 radical (unpaired) electrons. The fourth-order valence-corrected chi connectivity index (χ4v) is 7.07. The van der Waals surface area contributed by atoms with Crippen molar-refractivity contribution in [3.8, 4) is 0 Å². The molecule has 0 heterocycles. The third kappa shape index (κ3) is 14.6. The van der Waals surface area contributed by atoms with Gasteiger partial charge in [-0.15, -0.1) is 0 Å². The topological polar surface area (TPSA) is 168 Å².